The maximum Gasteiger partial charge on any atom is 0.343 e. The van der Waals surface area contributed by atoms with Crippen LogP contribution in [0.1, 0.15) is 15.9 Å². The summed E-state index contributed by atoms with van der Waals surface area (Å²) in [7, 11) is 1.49. The number of thiazole rings is 1. The lowest BCUT2D eigenvalue weighted by molar-refractivity contribution is -0.118. The maximum absolute atomic E-state index is 12.4. The van der Waals surface area contributed by atoms with Crippen molar-refractivity contribution in [2.24, 2.45) is 5.10 Å². The van der Waals surface area contributed by atoms with Crippen LogP contribution in [0.3, 0.4) is 0 Å². The lowest BCUT2D eigenvalue weighted by Gasteiger charge is -2.12. The Morgan fingerprint density at radius 3 is 2.68 bits per heavy atom. The molecule has 0 saturated carbocycles. The predicted octanol–water partition coefficient (Wildman–Crippen LogP) is 5.37. The number of para-hydroxylation sites is 1. The van der Waals surface area contributed by atoms with Crippen molar-refractivity contribution >= 4 is 74.0 Å². The first kappa shape index (κ1) is 24.2. The highest BCUT2D eigenvalue weighted by atomic mass is 127. The van der Waals surface area contributed by atoms with E-state index in [1.165, 1.54) is 25.1 Å². The van der Waals surface area contributed by atoms with Gasteiger partial charge in [-0.3, -0.25) is 4.79 Å². The van der Waals surface area contributed by atoms with Gasteiger partial charge in [0, 0.05) is 0 Å². The van der Waals surface area contributed by atoms with Crippen LogP contribution in [0.15, 0.2) is 76.2 Å². The predicted molar refractivity (Wildman–Crippen MR) is 143 cm³/mol. The van der Waals surface area contributed by atoms with Crippen molar-refractivity contribution in [1.29, 1.82) is 0 Å². The molecule has 0 unspecified atom stereocenters. The number of esters is 1. The SMILES string of the molecule is COc1cc(/C=N\NC(=O)CSc2nc3ccccc3s2)cc(I)c1OC(=O)c1ccccc1. The fourth-order valence-electron chi connectivity index (χ4n) is 2.89. The highest BCUT2D eigenvalue weighted by Gasteiger charge is 2.16. The van der Waals surface area contributed by atoms with E-state index in [0.29, 0.717) is 26.2 Å². The molecule has 0 radical (unpaired) electrons. The number of nitrogens with one attached hydrogen (secondary N) is 1. The van der Waals surface area contributed by atoms with Gasteiger partial charge in [-0.15, -0.1) is 11.3 Å². The van der Waals surface area contributed by atoms with E-state index in [1.54, 1.807) is 47.7 Å². The summed E-state index contributed by atoms with van der Waals surface area (Å²) in [4.78, 5) is 29.1. The number of rotatable bonds is 8. The molecular weight excluding hydrogens is 585 g/mol. The van der Waals surface area contributed by atoms with Gasteiger partial charge in [0.2, 0.25) is 0 Å². The molecule has 0 spiro atoms. The van der Waals surface area contributed by atoms with E-state index in [1.807, 2.05) is 30.3 Å². The molecular formula is C24H18IN3O4S2. The molecule has 4 aromatic rings. The molecule has 3 aromatic carbocycles. The second kappa shape index (κ2) is 11.4. The normalized spacial score (nSPS) is 11.0. The molecule has 1 N–H and O–H groups in total. The number of carbonyl (C=O) groups excluding carboxylic acids is 2. The third kappa shape index (κ3) is 6.13. The van der Waals surface area contributed by atoms with E-state index in [9.17, 15) is 9.59 Å². The minimum Gasteiger partial charge on any atom is -0.493 e. The van der Waals surface area contributed by atoms with Gasteiger partial charge in [-0.2, -0.15) is 5.10 Å². The zero-order chi connectivity index (χ0) is 23.9. The third-order valence-electron chi connectivity index (χ3n) is 4.46. The maximum atomic E-state index is 12.4. The van der Waals surface area contributed by atoms with Crippen LogP contribution < -0.4 is 14.9 Å². The van der Waals surface area contributed by atoms with Gasteiger partial charge in [0.25, 0.3) is 5.91 Å². The van der Waals surface area contributed by atoms with Crippen molar-refractivity contribution in [3.63, 3.8) is 0 Å². The Morgan fingerprint density at radius 1 is 1.15 bits per heavy atom. The summed E-state index contributed by atoms with van der Waals surface area (Å²) in [5.41, 5.74) is 4.57. The topological polar surface area (TPSA) is 89.9 Å². The molecule has 1 amide bonds. The number of nitrogens with zero attached hydrogens (tertiary/aromatic N) is 2. The van der Waals surface area contributed by atoms with E-state index in [-0.39, 0.29) is 11.7 Å². The van der Waals surface area contributed by atoms with Crippen molar-refractivity contribution in [1.82, 2.24) is 10.4 Å². The van der Waals surface area contributed by atoms with Gasteiger partial charge >= 0.3 is 5.97 Å². The number of halogens is 1. The Kier molecular flexibility index (Phi) is 8.14. The Balaban J connectivity index is 1.36. The summed E-state index contributed by atoms with van der Waals surface area (Å²) in [6.07, 6.45) is 1.51. The molecule has 10 heteroatoms. The third-order valence-corrected chi connectivity index (χ3v) is 7.44. The van der Waals surface area contributed by atoms with Crippen LogP contribution in [-0.4, -0.2) is 35.9 Å². The first-order valence-corrected chi connectivity index (χ1v) is 12.9. The molecule has 4 rings (SSSR count). The smallest absolute Gasteiger partial charge is 0.343 e. The Hall–Kier alpha value is -2.96. The van der Waals surface area contributed by atoms with E-state index in [2.05, 4.69) is 38.1 Å². The Labute approximate surface area is 217 Å². The summed E-state index contributed by atoms with van der Waals surface area (Å²) >= 11 is 4.98. The molecule has 0 atom stereocenters. The van der Waals surface area contributed by atoms with Crippen molar-refractivity contribution in [3.8, 4) is 11.5 Å². The number of thioether (sulfide) groups is 1. The number of aromatic nitrogens is 1. The molecule has 0 aliphatic rings. The summed E-state index contributed by atoms with van der Waals surface area (Å²) in [6, 6.07) is 20.0. The molecule has 0 saturated heterocycles. The summed E-state index contributed by atoms with van der Waals surface area (Å²) in [6.45, 7) is 0. The molecule has 1 heterocycles. The Morgan fingerprint density at radius 2 is 1.91 bits per heavy atom. The Bertz CT molecular complexity index is 1330. The van der Waals surface area contributed by atoms with E-state index < -0.39 is 5.97 Å². The van der Waals surface area contributed by atoms with Gasteiger partial charge in [-0.25, -0.2) is 15.2 Å². The number of amides is 1. The quantitative estimate of drug-likeness (QED) is 0.0728. The van der Waals surface area contributed by atoms with Crippen LogP contribution in [0.25, 0.3) is 10.2 Å². The molecule has 34 heavy (non-hydrogen) atoms. The number of carbonyl (C=O) groups is 2. The van der Waals surface area contributed by atoms with Crippen LogP contribution in [0.4, 0.5) is 0 Å². The van der Waals surface area contributed by atoms with Crippen molar-refractivity contribution in [3.05, 3.63) is 81.4 Å². The van der Waals surface area contributed by atoms with E-state index in [4.69, 9.17) is 9.47 Å². The molecule has 0 bridgehead atoms. The van der Waals surface area contributed by atoms with Crippen molar-refractivity contribution < 1.29 is 19.1 Å². The van der Waals surface area contributed by atoms with Crippen LogP contribution >= 0.6 is 45.7 Å². The molecule has 7 nitrogen and oxygen atoms in total. The number of fused-ring (bicyclic) bond motifs is 1. The number of methoxy groups -OCH3 is 1. The number of hydrogen-bond acceptors (Lipinski definition) is 8. The molecule has 0 aliphatic carbocycles. The zero-order valence-electron chi connectivity index (χ0n) is 17.9. The number of hydrazone groups is 1. The lowest BCUT2D eigenvalue weighted by Crippen LogP contribution is -2.19. The van der Waals surface area contributed by atoms with Crippen LogP contribution in [-0.2, 0) is 4.79 Å². The van der Waals surface area contributed by atoms with Gasteiger partial charge in [0.1, 0.15) is 0 Å². The van der Waals surface area contributed by atoms with Crippen molar-refractivity contribution in [2.45, 2.75) is 4.34 Å². The number of benzene rings is 3. The monoisotopic (exact) mass is 603 g/mol. The second-order valence-electron chi connectivity index (χ2n) is 6.82. The molecule has 0 fully saturated rings. The molecule has 172 valence electrons. The van der Waals surface area contributed by atoms with E-state index >= 15 is 0 Å². The molecule has 1 aromatic heterocycles. The average molecular weight is 603 g/mol. The summed E-state index contributed by atoms with van der Waals surface area (Å²) in [5, 5.41) is 4.03. The summed E-state index contributed by atoms with van der Waals surface area (Å²) < 4.78 is 13.5. The van der Waals surface area contributed by atoms with Gasteiger partial charge in [0.05, 0.1) is 38.4 Å². The standard InChI is InChI=1S/C24H18IN3O4S2/c1-31-19-12-15(11-17(25)22(19)32-23(30)16-7-3-2-4-8-16)13-26-28-21(29)14-33-24-27-18-9-5-6-10-20(18)34-24/h2-13H,14H2,1H3,(H,28,29)/b26-13-. The second-order valence-corrected chi connectivity index (χ2v) is 10.2. The first-order chi connectivity index (χ1) is 16.5. The fourth-order valence-corrected chi connectivity index (χ4v) is 5.49. The largest absolute Gasteiger partial charge is 0.493 e. The first-order valence-electron chi connectivity index (χ1n) is 9.98. The average Bonchev–Trinajstić information content (AvgIpc) is 3.27. The van der Waals surface area contributed by atoms with Gasteiger partial charge in [-0.05, 0) is 64.6 Å². The van der Waals surface area contributed by atoms with E-state index in [0.717, 1.165) is 14.6 Å². The molecule has 0 aliphatic heterocycles. The minimum atomic E-state index is -0.476. The summed E-state index contributed by atoms with van der Waals surface area (Å²) in [5.74, 6) is 0.194. The van der Waals surface area contributed by atoms with Crippen molar-refractivity contribution in [2.75, 3.05) is 12.9 Å². The zero-order valence-corrected chi connectivity index (χ0v) is 21.6. The number of hydrogen-bond donors (Lipinski definition) is 1. The highest BCUT2D eigenvalue weighted by Crippen LogP contribution is 2.34. The van der Waals surface area contributed by atoms with Gasteiger partial charge in [0.15, 0.2) is 15.8 Å². The highest BCUT2D eigenvalue weighted by molar-refractivity contribution is 14.1. The van der Waals surface area contributed by atoms with Crippen LogP contribution in [0.2, 0.25) is 0 Å². The van der Waals surface area contributed by atoms with Crippen LogP contribution in [0.5, 0.6) is 11.5 Å². The minimum absolute atomic E-state index is 0.201. The van der Waals surface area contributed by atoms with Gasteiger partial charge < -0.3 is 9.47 Å². The van der Waals surface area contributed by atoms with Crippen LogP contribution in [0, 0.1) is 3.57 Å². The number of ether oxygens (including phenoxy) is 2. The van der Waals surface area contributed by atoms with Gasteiger partial charge in [-0.1, -0.05) is 42.1 Å². The fraction of sp³-hybridized carbons (Fsp3) is 0.0833. The lowest BCUT2D eigenvalue weighted by atomic mass is 10.2.